The fourth-order valence-corrected chi connectivity index (χ4v) is 3.22. The Balaban J connectivity index is 1.95. The number of aliphatic hydroxyl groups excluding tert-OH is 1. The van der Waals surface area contributed by atoms with Crippen LogP contribution in [0.3, 0.4) is 0 Å². The van der Waals surface area contributed by atoms with Crippen molar-refractivity contribution in [1.29, 1.82) is 5.26 Å². The van der Waals surface area contributed by atoms with E-state index in [0.29, 0.717) is 18.5 Å². The highest BCUT2D eigenvalue weighted by Gasteiger charge is 2.44. The highest BCUT2D eigenvalue weighted by atomic mass is 19.1. The molecule has 2 unspecified atom stereocenters. The van der Waals surface area contributed by atoms with Crippen molar-refractivity contribution in [3.8, 4) is 11.8 Å². The third-order valence-corrected chi connectivity index (χ3v) is 4.32. The van der Waals surface area contributed by atoms with Crippen LogP contribution in [0.2, 0.25) is 0 Å². The number of ether oxygens (including phenoxy) is 1. The minimum atomic E-state index is -0.628. The predicted octanol–water partition coefficient (Wildman–Crippen LogP) is 1.16. The van der Waals surface area contributed by atoms with Gasteiger partial charge in [-0.1, -0.05) is 6.07 Å². The lowest BCUT2D eigenvalue weighted by molar-refractivity contribution is -0.139. The van der Waals surface area contributed by atoms with E-state index >= 15 is 0 Å². The normalized spacial score (nSPS) is 26.6. The van der Waals surface area contributed by atoms with Gasteiger partial charge in [0.15, 0.2) is 11.6 Å². The fourth-order valence-electron chi connectivity index (χ4n) is 3.22. The van der Waals surface area contributed by atoms with E-state index in [4.69, 9.17) is 15.1 Å². The highest BCUT2D eigenvalue weighted by Crippen LogP contribution is 2.45. The Morgan fingerprint density at radius 2 is 2.38 bits per heavy atom. The lowest BCUT2D eigenvalue weighted by atomic mass is 9.86. The molecule has 2 aliphatic rings. The molecule has 0 radical (unpaired) electrons. The minimum absolute atomic E-state index is 0.0382. The second kappa shape index (κ2) is 5.01. The Morgan fingerprint density at radius 3 is 3.05 bits per heavy atom. The monoisotopic (exact) mass is 290 g/mol. The standard InChI is InChI=1S/C15H15FN2O3/c1-8-4-12-11(6-18(8)13(20)7-19)10-3-2-9(5-17)14(16)15(10)21-12/h2-3,8,11-12,19H,4,6-7H2,1H3/t8-,11?,12?/m1/s1. The summed E-state index contributed by atoms with van der Waals surface area (Å²) in [5.74, 6) is -0.941. The molecular weight excluding hydrogens is 275 g/mol. The van der Waals surface area contributed by atoms with E-state index < -0.39 is 12.4 Å². The third-order valence-electron chi connectivity index (χ3n) is 4.32. The second-order valence-electron chi connectivity index (χ2n) is 5.51. The molecule has 1 saturated heterocycles. The van der Waals surface area contributed by atoms with Gasteiger partial charge >= 0.3 is 0 Å². The number of carbonyl (C=O) groups is 1. The lowest BCUT2D eigenvalue weighted by Gasteiger charge is -2.39. The molecule has 2 heterocycles. The Kier molecular flexibility index (Phi) is 3.30. The van der Waals surface area contributed by atoms with E-state index in [9.17, 15) is 9.18 Å². The van der Waals surface area contributed by atoms with E-state index in [2.05, 4.69) is 0 Å². The first-order valence-electron chi connectivity index (χ1n) is 6.86. The molecule has 0 aromatic heterocycles. The number of nitriles is 1. The van der Waals surface area contributed by atoms with Crippen molar-refractivity contribution in [3.63, 3.8) is 0 Å². The number of rotatable bonds is 1. The van der Waals surface area contributed by atoms with Crippen LogP contribution in [0.25, 0.3) is 0 Å². The van der Waals surface area contributed by atoms with Gasteiger partial charge in [0, 0.05) is 30.5 Å². The third kappa shape index (κ3) is 2.05. The maximum absolute atomic E-state index is 14.2. The van der Waals surface area contributed by atoms with Gasteiger partial charge in [-0.3, -0.25) is 4.79 Å². The molecule has 0 spiro atoms. The molecule has 0 aliphatic carbocycles. The van der Waals surface area contributed by atoms with Crippen LogP contribution in [-0.2, 0) is 4.79 Å². The molecule has 3 atom stereocenters. The van der Waals surface area contributed by atoms with Crippen LogP contribution in [0, 0.1) is 17.1 Å². The number of halogens is 1. The smallest absolute Gasteiger partial charge is 0.248 e. The first-order valence-corrected chi connectivity index (χ1v) is 6.86. The number of amides is 1. The molecule has 1 aromatic rings. The minimum Gasteiger partial charge on any atom is -0.486 e. The van der Waals surface area contributed by atoms with E-state index in [1.807, 2.05) is 6.92 Å². The number of nitrogens with zero attached hydrogens (tertiary/aromatic N) is 2. The fraction of sp³-hybridized carbons (Fsp3) is 0.467. The summed E-state index contributed by atoms with van der Waals surface area (Å²) < 4.78 is 19.9. The molecule has 0 bridgehead atoms. The molecular formula is C15H15FN2O3. The van der Waals surface area contributed by atoms with Crippen molar-refractivity contribution in [2.75, 3.05) is 13.2 Å². The Labute approximate surface area is 121 Å². The summed E-state index contributed by atoms with van der Waals surface area (Å²) in [7, 11) is 0. The molecule has 21 heavy (non-hydrogen) atoms. The number of carbonyl (C=O) groups excluding carboxylic acids is 1. The summed E-state index contributed by atoms with van der Waals surface area (Å²) in [5, 5.41) is 17.9. The first kappa shape index (κ1) is 13.8. The number of hydrogen-bond acceptors (Lipinski definition) is 4. The number of benzene rings is 1. The summed E-state index contributed by atoms with van der Waals surface area (Å²) in [4.78, 5) is 13.4. The van der Waals surface area contributed by atoms with Crippen molar-refractivity contribution in [2.24, 2.45) is 0 Å². The van der Waals surface area contributed by atoms with Gasteiger partial charge in [-0.15, -0.1) is 0 Å². The van der Waals surface area contributed by atoms with Gasteiger partial charge in [-0.2, -0.15) is 5.26 Å². The van der Waals surface area contributed by atoms with Crippen molar-refractivity contribution in [2.45, 2.75) is 31.4 Å². The Hall–Kier alpha value is -2.13. The van der Waals surface area contributed by atoms with Crippen LogP contribution in [0.1, 0.15) is 30.4 Å². The van der Waals surface area contributed by atoms with Gasteiger partial charge in [0.2, 0.25) is 5.91 Å². The second-order valence-corrected chi connectivity index (χ2v) is 5.51. The quantitative estimate of drug-likeness (QED) is 0.842. The van der Waals surface area contributed by atoms with Crippen LogP contribution in [0.4, 0.5) is 4.39 Å². The maximum Gasteiger partial charge on any atom is 0.248 e. The number of fused-ring (bicyclic) bond motifs is 3. The van der Waals surface area contributed by atoms with Gasteiger partial charge in [-0.05, 0) is 13.0 Å². The number of piperidine rings is 1. The zero-order valence-corrected chi connectivity index (χ0v) is 11.5. The summed E-state index contributed by atoms with van der Waals surface area (Å²) in [6, 6.07) is 4.86. The van der Waals surface area contributed by atoms with Crippen LogP contribution >= 0.6 is 0 Å². The number of aliphatic hydroxyl groups is 1. The molecule has 2 aliphatic heterocycles. The van der Waals surface area contributed by atoms with Gasteiger partial charge in [0.25, 0.3) is 0 Å². The zero-order chi connectivity index (χ0) is 15.1. The van der Waals surface area contributed by atoms with Crippen molar-refractivity contribution >= 4 is 5.91 Å². The Bertz CT molecular complexity index is 641. The molecule has 5 nitrogen and oxygen atoms in total. The highest BCUT2D eigenvalue weighted by molar-refractivity contribution is 5.77. The summed E-state index contributed by atoms with van der Waals surface area (Å²) in [6.07, 6.45) is 0.382. The average molecular weight is 290 g/mol. The van der Waals surface area contributed by atoms with Crippen LogP contribution < -0.4 is 4.74 Å². The topological polar surface area (TPSA) is 73.6 Å². The van der Waals surface area contributed by atoms with Gasteiger partial charge < -0.3 is 14.7 Å². The van der Waals surface area contributed by atoms with Crippen molar-refractivity contribution in [1.82, 2.24) is 4.90 Å². The summed E-state index contributed by atoms with van der Waals surface area (Å²) in [6.45, 7) is 1.74. The van der Waals surface area contributed by atoms with Gasteiger partial charge in [-0.25, -0.2) is 4.39 Å². The van der Waals surface area contributed by atoms with Crippen LogP contribution in [-0.4, -0.2) is 41.2 Å². The molecule has 0 saturated carbocycles. The maximum atomic E-state index is 14.2. The zero-order valence-electron chi connectivity index (χ0n) is 11.5. The van der Waals surface area contributed by atoms with E-state index in [0.717, 1.165) is 0 Å². The SMILES string of the molecule is C[C@@H]1CC2Oc3c(ccc(C#N)c3F)C2CN1C(=O)CO. The first-order chi connectivity index (χ1) is 10.1. The molecule has 1 N–H and O–H groups in total. The molecule has 1 fully saturated rings. The molecule has 6 heteroatoms. The van der Waals surface area contributed by atoms with E-state index in [1.54, 1.807) is 17.0 Å². The molecule has 3 rings (SSSR count). The van der Waals surface area contributed by atoms with Crippen LogP contribution in [0.15, 0.2) is 12.1 Å². The van der Waals surface area contributed by atoms with E-state index in [1.165, 1.54) is 6.07 Å². The average Bonchev–Trinajstić information content (AvgIpc) is 2.84. The van der Waals surface area contributed by atoms with Crippen LogP contribution in [0.5, 0.6) is 5.75 Å². The van der Waals surface area contributed by atoms with Gasteiger partial charge in [0.1, 0.15) is 18.8 Å². The summed E-state index contributed by atoms with van der Waals surface area (Å²) >= 11 is 0. The molecule has 1 aromatic carbocycles. The largest absolute Gasteiger partial charge is 0.486 e. The van der Waals surface area contributed by atoms with Crippen molar-refractivity contribution < 1.29 is 19.0 Å². The predicted molar refractivity (Wildman–Crippen MR) is 71.1 cm³/mol. The molecule has 1 amide bonds. The molecule has 110 valence electrons. The summed E-state index contributed by atoms with van der Waals surface area (Å²) in [5.41, 5.74) is 0.655. The van der Waals surface area contributed by atoms with Gasteiger partial charge in [0.05, 0.1) is 5.56 Å². The number of likely N-dealkylation sites (tertiary alicyclic amines) is 1. The van der Waals surface area contributed by atoms with Crippen molar-refractivity contribution in [3.05, 3.63) is 29.1 Å². The number of hydrogen-bond donors (Lipinski definition) is 1. The Morgan fingerprint density at radius 1 is 1.62 bits per heavy atom. The van der Waals surface area contributed by atoms with E-state index in [-0.39, 0.29) is 35.3 Å². The lowest BCUT2D eigenvalue weighted by Crippen LogP contribution is -2.50.